The smallest absolute Gasteiger partial charge is 0.0824 e. The predicted octanol–water partition coefficient (Wildman–Crippen LogP) is 4.62. The zero-order valence-electron chi connectivity index (χ0n) is 11.2. The second kappa shape index (κ2) is 7.10. The fourth-order valence-corrected chi connectivity index (χ4v) is 1.93. The van der Waals surface area contributed by atoms with Crippen LogP contribution in [0.3, 0.4) is 0 Å². The van der Waals surface area contributed by atoms with Gasteiger partial charge >= 0.3 is 0 Å². The summed E-state index contributed by atoms with van der Waals surface area (Å²) in [6.45, 7) is 6.38. The van der Waals surface area contributed by atoms with Crippen molar-refractivity contribution in [2.24, 2.45) is 5.16 Å². The Balaban J connectivity index is 2.86. The Morgan fingerprint density at radius 3 is 2.24 bits per heavy atom. The molecule has 0 aromatic rings. The summed E-state index contributed by atoms with van der Waals surface area (Å²) in [4.78, 5) is 0. The molecule has 0 aliphatic heterocycles. The van der Waals surface area contributed by atoms with Gasteiger partial charge in [-0.3, -0.25) is 0 Å². The van der Waals surface area contributed by atoms with Crippen molar-refractivity contribution < 1.29 is 5.21 Å². The summed E-state index contributed by atoms with van der Waals surface area (Å²) in [5.41, 5.74) is 4.76. The van der Waals surface area contributed by atoms with Crippen molar-refractivity contribution in [2.45, 2.75) is 52.9 Å². The predicted molar refractivity (Wildman–Crippen MR) is 73.6 cm³/mol. The molecule has 0 saturated carbocycles. The summed E-state index contributed by atoms with van der Waals surface area (Å²) in [5, 5.41) is 12.4. The Morgan fingerprint density at radius 2 is 1.59 bits per heavy atom. The number of nitrogens with zero attached hydrogens (tertiary/aromatic N) is 1. The lowest BCUT2D eigenvalue weighted by Gasteiger charge is -2.07. The van der Waals surface area contributed by atoms with Crippen molar-refractivity contribution in [1.29, 1.82) is 0 Å². The lowest BCUT2D eigenvalue weighted by atomic mass is 10.0. The van der Waals surface area contributed by atoms with Gasteiger partial charge in [0.05, 0.1) is 5.71 Å². The molecule has 0 aromatic heterocycles. The molecule has 0 aromatic carbocycles. The zero-order chi connectivity index (χ0) is 12.7. The molecule has 1 N–H and O–H groups in total. The minimum atomic E-state index is 0.806. The standard InChI is InChI=1S/C15H23NO/c1-12-6-4-8-14(3)15(16-17)9-5-7-13(2)11-10-12/h6-8,17H,4-5,9-11H2,1-3H3/b12-6-,13-7-,14-8-,16-15+. The third kappa shape index (κ3) is 5.03. The summed E-state index contributed by atoms with van der Waals surface area (Å²) in [7, 11) is 0. The highest BCUT2D eigenvalue weighted by atomic mass is 16.4. The van der Waals surface area contributed by atoms with Gasteiger partial charge in [0.2, 0.25) is 0 Å². The van der Waals surface area contributed by atoms with Crippen LogP contribution in [0.25, 0.3) is 0 Å². The van der Waals surface area contributed by atoms with Crippen LogP contribution < -0.4 is 0 Å². The molecule has 17 heavy (non-hydrogen) atoms. The number of oxime groups is 1. The van der Waals surface area contributed by atoms with Crippen LogP contribution in [-0.4, -0.2) is 10.9 Å². The quantitative estimate of drug-likeness (QED) is 0.369. The summed E-state index contributed by atoms with van der Waals surface area (Å²) in [5.74, 6) is 0. The number of hydrogen-bond acceptors (Lipinski definition) is 2. The van der Waals surface area contributed by atoms with Gasteiger partial charge in [0.25, 0.3) is 0 Å². The molecule has 0 heterocycles. The third-order valence-corrected chi connectivity index (χ3v) is 3.25. The number of hydrogen-bond donors (Lipinski definition) is 1. The molecule has 0 unspecified atom stereocenters. The van der Waals surface area contributed by atoms with Gasteiger partial charge in [0, 0.05) is 0 Å². The van der Waals surface area contributed by atoms with E-state index in [1.165, 1.54) is 11.1 Å². The van der Waals surface area contributed by atoms with E-state index in [4.69, 9.17) is 5.21 Å². The van der Waals surface area contributed by atoms with Crippen LogP contribution in [0.4, 0.5) is 0 Å². The third-order valence-electron chi connectivity index (χ3n) is 3.25. The molecule has 1 aliphatic rings. The van der Waals surface area contributed by atoms with Crippen LogP contribution in [0.5, 0.6) is 0 Å². The van der Waals surface area contributed by atoms with Crippen molar-refractivity contribution >= 4 is 5.71 Å². The largest absolute Gasteiger partial charge is 0.411 e. The molecule has 2 nitrogen and oxygen atoms in total. The van der Waals surface area contributed by atoms with E-state index in [1.54, 1.807) is 0 Å². The second-order valence-corrected chi connectivity index (χ2v) is 4.81. The Bertz CT molecular complexity index is 372. The summed E-state index contributed by atoms with van der Waals surface area (Å²) in [6, 6.07) is 0. The molecule has 1 aliphatic carbocycles. The van der Waals surface area contributed by atoms with E-state index < -0.39 is 0 Å². The first-order valence-electron chi connectivity index (χ1n) is 6.33. The van der Waals surface area contributed by atoms with Gasteiger partial charge in [-0.1, -0.05) is 34.5 Å². The monoisotopic (exact) mass is 233 g/mol. The first kappa shape index (κ1) is 13.8. The lowest BCUT2D eigenvalue weighted by Crippen LogP contribution is -2.00. The van der Waals surface area contributed by atoms with Crippen LogP contribution in [0, 0.1) is 0 Å². The van der Waals surface area contributed by atoms with Gasteiger partial charge in [0.15, 0.2) is 0 Å². The molecule has 0 amide bonds. The Morgan fingerprint density at radius 1 is 0.941 bits per heavy atom. The average molecular weight is 233 g/mol. The highest BCUT2D eigenvalue weighted by Crippen LogP contribution is 2.15. The van der Waals surface area contributed by atoms with Crippen LogP contribution in [-0.2, 0) is 0 Å². The molecule has 1 rings (SSSR count). The molecule has 2 heteroatoms. The first-order valence-corrected chi connectivity index (χ1v) is 6.33. The van der Waals surface area contributed by atoms with E-state index in [1.807, 2.05) is 6.92 Å². The topological polar surface area (TPSA) is 32.6 Å². The van der Waals surface area contributed by atoms with Crippen molar-refractivity contribution in [3.05, 3.63) is 34.9 Å². The van der Waals surface area contributed by atoms with Gasteiger partial charge in [-0.15, -0.1) is 0 Å². The minimum absolute atomic E-state index is 0.806. The number of allylic oxidation sites excluding steroid dienone is 6. The molecular weight excluding hydrogens is 210 g/mol. The normalized spacial score (nSPS) is 31.2. The first-order chi connectivity index (χ1) is 8.13. The molecule has 0 saturated heterocycles. The van der Waals surface area contributed by atoms with E-state index in [2.05, 4.69) is 37.2 Å². The maximum absolute atomic E-state index is 9.00. The second-order valence-electron chi connectivity index (χ2n) is 4.81. The Labute approximate surface area is 104 Å². The maximum atomic E-state index is 9.00. The average Bonchev–Trinajstić information content (AvgIpc) is 2.30. The van der Waals surface area contributed by atoms with Crippen molar-refractivity contribution in [1.82, 2.24) is 0 Å². The van der Waals surface area contributed by atoms with Gasteiger partial charge < -0.3 is 5.21 Å². The van der Waals surface area contributed by atoms with Gasteiger partial charge in [-0.25, -0.2) is 0 Å². The van der Waals surface area contributed by atoms with Crippen molar-refractivity contribution in [3.63, 3.8) is 0 Å². The number of rotatable bonds is 0. The molecule has 94 valence electrons. The Kier molecular flexibility index (Phi) is 5.75. The van der Waals surface area contributed by atoms with Gasteiger partial charge in [-0.2, -0.15) is 0 Å². The van der Waals surface area contributed by atoms with Gasteiger partial charge in [0.1, 0.15) is 0 Å². The van der Waals surface area contributed by atoms with Crippen LogP contribution in [0.2, 0.25) is 0 Å². The van der Waals surface area contributed by atoms with E-state index in [-0.39, 0.29) is 0 Å². The van der Waals surface area contributed by atoms with E-state index in [0.717, 1.165) is 43.4 Å². The lowest BCUT2D eigenvalue weighted by molar-refractivity contribution is 0.318. The molecule has 0 spiro atoms. The fraction of sp³-hybridized carbons (Fsp3) is 0.533. The van der Waals surface area contributed by atoms with Crippen LogP contribution in [0.1, 0.15) is 52.9 Å². The van der Waals surface area contributed by atoms with Crippen LogP contribution in [0.15, 0.2) is 40.1 Å². The summed E-state index contributed by atoms with van der Waals surface area (Å²) in [6.07, 6.45) is 11.6. The fourth-order valence-electron chi connectivity index (χ4n) is 1.93. The molecule has 0 radical (unpaired) electrons. The summed E-state index contributed by atoms with van der Waals surface area (Å²) >= 11 is 0. The van der Waals surface area contributed by atoms with E-state index in [9.17, 15) is 0 Å². The van der Waals surface area contributed by atoms with Crippen LogP contribution >= 0.6 is 0 Å². The molecule has 0 atom stereocenters. The van der Waals surface area contributed by atoms with E-state index in [0.29, 0.717) is 0 Å². The van der Waals surface area contributed by atoms with Gasteiger partial charge in [-0.05, 0) is 58.4 Å². The Hall–Kier alpha value is -1.31. The maximum Gasteiger partial charge on any atom is 0.0824 e. The summed E-state index contributed by atoms with van der Waals surface area (Å²) < 4.78 is 0. The highest BCUT2D eigenvalue weighted by molar-refractivity contribution is 5.99. The van der Waals surface area contributed by atoms with E-state index >= 15 is 0 Å². The highest BCUT2D eigenvalue weighted by Gasteiger charge is 2.03. The zero-order valence-corrected chi connectivity index (χ0v) is 11.2. The molecule has 0 fully saturated rings. The van der Waals surface area contributed by atoms with Crippen molar-refractivity contribution in [3.8, 4) is 0 Å². The SMILES string of the molecule is C/C1=C/C/C=C(C)\C(=N\O)CC/C=C(/C)CC1. The molecule has 0 bridgehead atoms. The minimum Gasteiger partial charge on any atom is -0.411 e. The molecular formula is C15H23NO. The van der Waals surface area contributed by atoms with Crippen molar-refractivity contribution in [2.75, 3.05) is 0 Å².